The largest absolute Gasteiger partial charge is 0.392 e. The molecule has 0 aromatic heterocycles. The number of nitrogens with zero attached hydrogens (tertiary/aromatic N) is 1. The van der Waals surface area contributed by atoms with Crippen LogP contribution in [0.4, 0.5) is 0 Å². The van der Waals surface area contributed by atoms with E-state index in [-0.39, 0.29) is 11.5 Å². The van der Waals surface area contributed by atoms with Crippen LogP contribution in [0.5, 0.6) is 0 Å². The van der Waals surface area contributed by atoms with Gasteiger partial charge in [-0.2, -0.15) is 0 Å². The molecule has 0 radical (unpaired) electrons. The van der Waals surface area contributed by atoms with Gasteiger partial charge in [-0.3, -0.25) is 4.90 Å². The minimum absolute atomic E-state index is 0.0858. The highest BCUT2D eigenvalue weighted by atomic mass is 16.5. The summed E-state index contributed by atoms with van der Waals surface area (Å²) in [4.78, 5) is 2.56. The molecule has 3 nitrogen and oxygen atoms in total. The van der Waals surface area contributed by atoms with E-state index < -0.39 is 0 Å². The predicted octanol–water partition coefficient (Wildman–Crippen LogP) is 2.67. The summed E-state index contributed by atoms with van der Waals surface area (Å²) in [7, 11) is 0. The standard InChI is InChI=1S/C16H31NO2/c1-5-14-11-19-12(2)9-17(14)10-13-7-6-8-16(3,4)15(13)18/h12-15,18H,5-11H2,1-4H3. The van der Waals surface area contributed by atoms with Crippen LogP contribution in [0, 0.1) is 11.3 Å². The molecule has 3 heteroatoms. The van der Waals surface area contributed by atoms with E-state index in [9.17, 15) is 5.11 Å². The highest BCUT2D eigenvalue weighted by molar-refractivity contribution is 4.91. The van der Waals surface area contributed by atoms with E-state index in [0.717, 1.165) is 32.5 Å². The Labute approximate surface area is 118 Å². The molecule has 1 aliphatic carbocycles. The van der Waals surface area contributed by atoms with Gasteiger partial charge >= 0.3 is 0 Å². The van der Waals surface area contributed by atoms with Gasteiger partial charge in [0.1, 0.15) is 0 Å². The molecule has 0 spiro atoms. The van der Waals surface area contributed by atoms with Gasteiger partial charge in [0.25, 0.3) is 0 Å². The Bertz CT molecular complexity index is 292. The fourth-order valence-electron chi connectivity index (χ4n) is 3.77. The van der Waals surface area contributed by atoms with Crippen molar-refractivity contribution in [3.63, 3.8) is 0 Å². The van der Waals surface area contributed by atoms with Crippen LogP contribution in [0.2, 0.25) is 0 Å². The lowest BCUT2D eigenvalue weighted by molar-refractivity contribution is -0.0879. The normalized spacial score (nSPS) is 40.3. The quantitative estimate of drug-likeness (QED) is 0.855. The Balaban J connectivity index is 1.98. The first-order valence-corrected chi connectivity index (χ1v) is 7.97. The zero-order valence-electron chi connectivity index (χ0n) is 13.1. The summed E-state index contributed by atoms with van der Waals surface area (Å²) in [5, 5.41) is 10.6. The van der Waals surface area contributed by atoms with Crippen LogP contribution in [0.1, 0.15) is 53.4 Å². The van der Waals surface area contributed by atoms with E-state index >= 15 is 0 Å². The van der Waals surface area contributed by atoms with E-state index in [0.29, 0.717) is 18.1 Å². The van der Waals surface area contributed by atoms with E-state index in [2.05, 4.69) is 32.6 Å². The van der Waals surface area contributed by atoms with E-state index in [1.165, 1.54) is 12.8 Å². The molecule has 2 rings (SSSR count). The van der Waals surface area contributed by atoms with Crippen molar-refractivity contribution >= 4 is 0 Å². The van der Waals surface area contributed by atoms with Gasteiger partial charge in [0, 0.05) is 19.1 Å². The minimum Gasteiger partial charge on any atom is -0.392 e. The molecule has 1 saturated carbocycles. The lowest BCUT2D eigenvalue weighted by Crippen LogP contribution is -2.53. The van der Waals surface area contributed by atoms with Gasteiger partial charge in [0.2, 0.25) is 0 Å². The molecule has 112 valence electrons. The van der Waals surface area contributed by atoms with Crippen molar-refractivity contribution in [1.82, 2.24) is 4.90 Å². The number of rotatable bonds is 3. The van der Waals surface area contributed by atoms with Crippen LogP contribution < -0.4 is 0 Å². The molecule has 1 N–H and O–H groups in total. The molecule has 19 heavy (non-hydrogen) atoms. The zero-order valence-corrected chi connectivity index (χ0v) is 13.1. The lowest BCUT2D eigenvalue weighted by atomic mass is 9.69. The first-order valence-electron chi connectivity index (χ1n) is 7.97. The number of morpholine rings is 1. The number of hydrogen-bond acceptors (Lipinski definition) is 3. The average Bonchev–Trinajstić information content (AvgIpc) is 2.35. The summed E-state index contributed by atoms with van der Waals surface area (Å²) in [6.07, 6.45) is 4.90. The van der Waals surface area contributed by atoms with Gasteiger partial charge < -0.3 is 9.84 Å². The molecule has 2 aliphatic rings. The van der Waals surface area contributed by atoms with Crippen LogP contribution in [0.3, 0.4) is 0 Å². The molecule has 0 aromatic rings. The summed E-state index contributed by atoms with van der Waals surface area (Å²) in [6.45, 7) is 11.7. The number of ether oxygens (including phenoxy) is 1. The van der Waals surface area contributed by atoms with Gasteiger partial charge in [-0.1, -0.05) is 27.2 Å². The van der Waals surface area contributed by atoms with Crippen molar-refractivity contribution < 1.29 is 9.84 Å². The molecule has 0 aromatic carbocycles. The van der Waals surface area contributed by atoms with Crippen LogP contribution in [-0.2, 0) is 4.74 Å². The van der Waals surface area contributed by atoms with E-state index in [1.807, 2.05) is 0 Å². The van der Waals surface area contributed by atoms with Crippen molar-refractivity contribution in [2.75, 3.05) is 19.7 Å². The average molecular weight is 269 g/mol. The van der Waals surface area contributed by atoms with E-state index in [1.54, 1.807) is 0 Å². The summed E-state index contributed by atoms with van der Waals surface area (Å²) in [5.74, 6) is 0.433. The van der Waals surface area contributed by atoms with Crippen molar-refractivity contribution in [3.05, 3.63) is 0 Å². The van der Waals surface area contributed by atoms with Crippen molar-refractivity contribution in [2.24, 2.45) is 11.3 Å². The smallest absolute Gasteiger partial charge is 0.0674 e. The third-order valence-electron chi connectivity index (χ3n) is 5.16. The monoisotopic (exact) mass is 269 g/mol. The van der Waals surface area contributed by atoms with Crippen LogP contribution in [-0.4, -0.2) is 48.0 Å². The minimum atomic E-state index is -0.156. The Hall–Kier alpha value is -0.120. The lowest BCUT2D eigenvalue weighted by Gasteiger charge is -2.45. The molecule has 1 heterocycles. The van der Waals surface area contributed by atoms with Crippen LogP contribution in [0.15, 0.2) is 0 Å². The maximum Gasteiger partial charge on any atom is 0.0674 e. The second-order valence-electron chi connectivity index (χ2n) is 7.25. The Morgan fingerprint density at radius 2 is 2.11 bits per heavy atom. The third-order valence-corrected chi connectivity index (χ3v) is 5.16. The fraction of sp³-hybridized carbons (Fsp3) is 1.00. The number of hydrogen-bond donors (Lipinski definition) is 1. The van der Waals surface area contributed by atoms with Crippen molar-refractivity contribution in [2.45, 2.75) is 71.6 Å². The maximum absolute atomic E-state index is 10.6. The molecule has 4 atom stereocenters. The molecule has 2 fully saturated rings. The second-order valence-corrected chi connectivity index (χ2v) is 7.25. The molecule has 4 unspecified atom stereocenters. The van der Waals surface area contributed by atoms with Gasteiger partial charge in [0.05, 0.1) is 18.8 Å². The second kappa shape index (κ2) is 6.11. The first kappa shape index (κ1) is 15.3. The van der Waals surface area contributed by atoms with E-state index in [4.69, 9.17) is 4.74 Å². The van der Waals surface area contributed by atoms with Crippen molar-refractivity contribution in [3.8, 4) is 0 Å². The Morgan fingerprint density at radius 3 is 2.79 bits per heavy atom. The zero-order chi connectivity index (χ0) is 14.0. The van der Waals surface area contributed by atoms with Crippen LogP contribution in [0.25, 0.3) is 0 Å². The summed E-state index contributed by atoms with van der Waals surface area (Å²) in [5.41, 5.74) is 0.0858. The topological polar surface area (TPSA) is 32.7 Å². The van der Waals surface area contributed by atoms with Gasteiger partial charge in [-0.15, -0.1) is 0 Å². The SMILES string of the molecule is CCC1COC(C)CN1CC1CCCC(C)(C)C1O. The fourth-order valence-corrected chi connectivity index (χ4v) is 3.77. The molecular formula is C16H31NO2. The highest BCUT2D eigenvalue weighted by Crippen LogP contribution is 2.39. The molecule has 0 amide bonds. The predicted molar refractivity (Wildman–Crippen MR) is 78.2 cm³/mol. The Kier molecular flexibility index (Phi) is 4.91. The molecular weight excluding hydrogens is 238 g/mol. The molecule has 1 saturated heterocycles. The summed E-state index contributed by atoms with van der Waals surface area (Å²) in [6, 6.07) is 0.536. The van der Waals surface area contributed by atoms with Crippen molar-refractivity contribution in [1.29, 1.82) is 0 Å². The highest BCUT2D eigenvalue weighted by Gasteiger charge is 2.39. The molecule has 1 aliphatic heterocycles. The summed E-state index contributed by atoms with van der Waals surface area (Å²) >= 11 is 0. The van der Waals surface area contributed by atoms with Gasteiger partial charge in [-0.25, -0.2) is 0 Å². The third kappa shape index (κ3) is 3.50. The Morgan fingerprint density at radius 1 is 1.37 bits per heavy atom. The summed E-state index contributed by atoms with van der Waals surface area (Å²) < 4.78 is 5.76. The van der Waals surface area contributed by atoms with Gasteiger partial charge in [-0.05, 0) is 37.5 Å². The maximum atomic E-state index is 10.6. The van der Waals surface area contributed by atoms with Crippen LogP contribution >= 0.6 is 0 Å². The number of aliphatic hydroxyl groups is 1. The van der Waals surface area contributed by atoms with Gasteiger partial charge in [0.15, 0.2) is 0 Å². The number of aliphatic hydroxyl groups excluding tert-OH is 1. The first-order chi connectivity index (χ1) is 8.94. The molecule has 0 bridgehead atoms.